The lowest BCUT2D eigenvalue weighted by Gasteiger charge is -2.19. The fourth-order valence-electron chi connectivity index (χ4n) is 4.84. The molecule has 1 aliphatic heterocycles. The van der Waals surface area contributed by atoms with Crippen LogP contribution in [0.3, 0.4) is 0 Å². The number of benzene rings is 3. The van der Waals surface area contributed by atoms with E-state index in [0.29, 0.717) is 46.5 Å². The van der Waals surface area contributed by atoms with E-state index in [1.807, 2.05) is 13.0 Å². The molecule has 242 valence electrons. The zero-order valence-corrected chi connectivity index (χ0v) is 26.6. The molecule has 0 saturated carbocycles. The normalized spacial score (nSPS) is 12.7. The van der Waals surface area contributed by atoms with E-state index in [2.05, 4.69) is 32.6 Å². The Kier molecular flexibility index (Phi) is 10.9. The molecule has 0 fully saturated rings. The average Bonchev–Trinajstić information content (AvgIpc) is 2.95. The third-order valence-electron chi connectivity index (χ3n) is 6.89. The number of carboxylic acid groups (broad SMARTS) is 1. The molecule has 1 aliphatic carbocycles. The van der Waals surface area contributed by atoms with Crippen molar-refractivity contribution in [3.63, 3.8) is 0 Å². The summed E-state index contributed by atoms with van der Waals surface area (Å²) in [7, 11) is -8.80. The molecular formula is C28H31N2O12S3+. The largest absolute Gasteiger partial charge is 0.478 e. The highest BCUT2D eigenvalue weighted by Gasteiger charge is 2.25. The van der Waals surface area contributed by atoms with Crippen molar-refractivity contribution in [2.75, 3.05) is 30.8 Å². The van der Waals surface area contributed by atoms with Gasteiger partial charge in [0.2, 0.25) is 5.36 Å². The second kappa shape index (κ2) is 14.3. The predicted octanol–water partition coefficient (Wildman–Crippen LogP) is 2.55. The van der Waals surface area contributed by atoms with Crippen LogP contribution in [0.2, 0.25) is 0 Å². The monoisotopic (exact) mass is 683 g/mol. The number of nitrogens with one attached hydrogen (secondary N) is 2. The van der Waals surface area contributed by atoms with Crippen LogP contribution in [0.15, 0.2) is 51.8 Å². The lowest BCUT2D eigenvalue weighted by Crippen LogP contribution is -2.77. The number of carboxylic acids is 1. The van der Waals surface area contributed by atoms with Crippen LogP contribution < -0.4 is 15.7 Å². The van der Waals surface area contributed by atoms with Gasteiger partial charge in [-0.3, -0.25) is 9.11 Å². The first-order valence-electron chi connectivity index (χ1n) is 13.4. The molecule has 1 heterocycles. The molecule has 14 nitrogen and oxygen atoms in total. The van der Waals surface area contributed by atoms with E-state index in [-0.39, 0.29) is 30.7 Å². The maximum atomic E-state index is 12.4. The molecule has 45 heavy (non-hydrogen) atoms. The standard InChI is InChI=1S/C28H30N2O12S3/c1-16-11-21-25(14-23(16)29-7-3-9-39-41-42-43)40-26-15-24(30-8-4-10-44(33,34)35)17(2)12-22(26)27(21)19-6-5-18(45(36,37)38)13-20(19)28(31)32/h5-6,11-15,30,43H,3-4,7-10H2,1-2H3,(H,31,32)(H,33,34,35)(H,36,37,38)/p+1. The summed E-state index contributed by atoms with van der Waals surface area (Å²) < 4.78 is 74.9. The summed E-state index contributed by atoms with van der Waals surface area (Å²) >= 11 is 3.41. The summed E-state index contributed by atoms with van der Waals surface area (Å²) in [5, 5.41) is 18.7. The van der Waals surface area contributed by atoms with Gasteiger partial charge in [0.25, 0.3) is 20.2 Å². The number of anilines is 1. The molecule has 2 aromatic rings. The number of thiol groups is 1. The van der Waals surface area contributed by atoms with Gasteiger partial charge in [0.05, 0.1) is 28.9 Å². The van der Waals surface area contributed by atoms with Crippen LogP contribution in [0.4, 0.5) is 5.69 Å². The van der Waals surface area contributed by atoms with Crippen molar-refractivity contribution in [2.24, 2.45) is 0 Å². The Morgan fingerprint density at radius 3 is 2.42 bits per heavy atom. The minimum atomic E-state index is -4.68. The molecule has 0 aromatic heterocycles. The summed E-state index contributed by atoms with van der Waals surface area (Å²) in [5.41, 5.74) is 3.33. The molecule has 0 radical (unpaired) electrons. The van der Waals surface area contributed by atoms with Crippen molar-refractivity contribution in [3.05, 3.63) is 64.5 Å². The predicted molar refractivity (Wildman–Crippen MR) is 165 cm³/mol. The van der Waals surface area contributed by atoms with Crippen molar-refractivity contribution in [1.29, 1.82) is 0 Å². The van der Waals surface area contributed by atoms with E-state index in [4.69, 9.17) is 13.9 Å². The van der Waals surface area contributed by atoms with E-state index < -0.39 is 36.9 Å². The molecule has 17 heteroatoms. The molecule has 0 bridgehead atoms. The molecule has 5 N–H and O–H groups in total. The third-order valence-corrected chi connectivity index (χ3v) is 8.61. The minimum Gasteiger partial charge on any atom is -0.478 e. The molecule has 4 rings (SSSR count). The Morgan fingerprint density at radius 2 is 1.76 bits per heavy atom. The van der Waals surface area contributed by atoms with Crippen molar-refractivity contribution < 1.29 is 59.5 Å². The zero-order chi connectivity index (χ0) is 32.9. The van der Waals surface area contributed by atoms with Gasteiger partial charge in [0, 0.05) is 59.7 Å². The summed E-state index contributed by atoms with van der Waals surface area (Å²) in [6.07, 6.45) is 0.689. The number of rotatable bonds is 14. The summed E-state index contributed by atoms with van der Waals surface area (Å²) in [6.45, 7) is 4.59. The Hall–Kier alpha value is -3.55. The first kappa shape index (κ1) is 34.3. The van der Waals surface area contributed by atoms with Gasteiger partial charge in [-0.15, -0.1) is 4.33 Å². The van der Waals surface area contributed by atoms with Gasteiger partial charge in [-0.1, -0.05) is 11.1 Å². The van der Waals surface area contributed by atoms with Crippen LogP contribution >= 0.6 is 12.9 Å². The smallest absolute Gasteiger partial charge is 0.336 e. The van der Waals surface area contributed by atoms with Crippen LogP contribution in [0.1, 0.15) is 34.3 Å². The first-order valence-corrected chi connectivity index (χ1v) is 16.8. The van der Waals surface area contributed by atoms with E-state index in [1.165, 1.54) is 6.07 Å². The molecule has 2 aliphatic rings. The fourth-order valence-corrected chi connectivity index (χ4v) is 5.90. The van der Waals surface area contributed by atoms with Crippen LogP contribution in [0.5, 0.6) is 0 Å². The Labute approximate surface area is 264 Å². The number of fused-ring (bicyclic) bond motifs is 2. The Morgan fingerprint density at radius 1 is 1.00 bits per heavy atom. The number of hydrogen-bond donors (Lipinski definition) is 6. The number of hydrogen-bond acceptors (Lipinski definition) is 11. The lowest BCUT2D eigenvalue weighted by molar-refractivity contribution is -0.508. The van der Waals surface area contributed by atoms with Crippen LogP contribution in [0, 0.1) is 13.8 Å². The van der Waals surface area contributed by atoms with Crippen molar-refractivity contribution in [1.82, 2.24) is 0 Å². The Bertz CT molecular complexity index is 1990. The van der Waals surface area contributed by atoms with Gasteiger partial charge in [-0.25, -0.2) is 14.7 Å². The van der Waals surface area contributed by atoms with Crippen molar-refractivity contribution >= 4 is 55.8 Å². The summed E-state index contributed by atoms with van der Waals surface area (Å²) in [6, 6.07) is 10.4. The quantitative estimate of drug-likeness (QED) is 0.0215. The first-order chi connectivity index (χ1) is 21.2. The van der Waals surface area contributed by atoms with Crippen molar-refractivity contribution in [2.45, 2.75) is 31.6 Å². The molecule has 0 amide bonds. The Balaban J connectivity index is 1.93. The van der Waals surface area contributed by atoms with Gasteiger partial charge in [0.15, 0.2) is 0 Å². The van der Waals surface area contributed by atoms with E-state index >= 15 is 0 Å². The van der Waals surface area contributed by atoms with E-state index in [1.54, 1.807) is 25.1 Å². The highest BCUT2D eigenvalue weighted by atomic mass is 32.2. The SMILES string of the molecule is Cc1cc2c(-c3ccc(S(=O)(=O)O)cc3C(=O)O)c3cc(C)c(=[NH+]CCCOOOS)cc-3oc2cc1NCCCS(=O)(=O)O. The summed E-state index contributed by atoms with van der Waals surface area (Å²) in [4.78, 5) is 19.9. The zero-order valence-electron chi connectivity index (χ0n) is 24.1. The molecule has 0 spiro atoms. The topological polar surface area (TPSA) is 213 Å². The number of aryl methyl sites for hydroxylation is 2. The third kappa shape index (κ3) is 8.59. The molecule has 2 aromatic carbocycles. The van der Waals surface area contributed by atoms with Gasteiger partial charge in [-0.2, -0.15) is 16.8 Å². The highest BCUT2D eigenvalue weighted by molar-refractivity contribution is 7.86. The van der Waals surface area contributed by atoms with E-state index in [0.717, 1.165) is 28.6 Å². The molecular weight excluding hydrogens is 653 g/mol. The van der Waals surface area contributed by atoms with Crippen LogP contribution in [-0.2, 0) is 34.5 Å². The van der Waals surface area contributed by atoms with E-state index in [9.17, 15) is 31.3 Å². The van der Waals surface area contributed by atoms with Gasteiger partial charge >= 0.3 is 5.97 Å². The molecule has 0 atom stereocenters. The maximum Gasteiger partial charge on any atom is 0.336 e. The molecule has 0 saturated heterocycles. The highest BCUT2D eigenvalue weighted by Crippen LogP contribution is 2.43. The second-order valence-electron chi connectivity index (χ2n) is 10.1. The molecule has 0 unspecified atom stereocenters. The fraction of sp³-hybridized carbons (Fsp3) is 0.286. The number of carbonyl (C=O) groups is 1. The van der Waals surface area contributed by atoms with Gasteiger partial charge in [0.1, 0.15) is 17.9 Å². The summed E-state index contributed by atoms with van der Waals surface area (Å²) in [5.74, 6) is -1.44. The van der Waals surface area contributed by atoms with Gasteiger partial charge in [-0.05, 0) is 55.7 Å². The van der Waals surface area contributed by atoms with Crippen LogP contribution in [0.25, 0.3) is 33.4 Å². The van der Waals surface area contributed by atoms with Crippen LogP contribution in [-0.4, -0.2) is 62.5 Å². The lowest BCUT2D eigenvalue weighted by atomic mass is 9.89. The number of aromatic carboxylic acids is 1. The second-order valence-corrected chi connectivity index (χ2v) is 13.2. The minimum absolute atomic E-state index is 0.144. The average molecular weight is 684 g/mol. The van der Waals surface area contributed by atoms with Crippen molar-refractivity contribution in [3.8, 4) is 22.5 Å². The van der Waals surface area contributed by atoms with Gasteiger partial charge < -0.3 is 14.8 Å². The maximum absolute atomic E-state index is 12.4.